The summed E-state index contributed by atoms with van der Waals surface area (Å²) in [6.45, 7) is 4.19. The monoisotopic (exact) mass is 327 g/mol. The molecule has 1 aromatic carbocycles. The van der Waals surface area contributed by atoms with Gasteiger partial charge in [-0.15, -0.1) is 0 Å². The molecule has 0 unspecified atom stereocenters. The number of aromatic nitrogens is 4. The highest BCUT2D eigenvalue weighted by Gasteiger charge is 2.29. The Bertz CT molecular complexity index is 881. The van der Waals surface area contributed by atoms with E-state index < -0.39 is 0 Å². The van der Waals surface area contributed by atoms with Crippen LogP contribution in [0, 0.1) is 19.7 Å². The van der Waals surface area contributed by atoms with E-state index in [0.29, 0.717) is 35.6 Å². The fourth-order valence-corrected chi connectivity index (χ4v) is 2.68. The number of rotatable bonds is 5. The van der Waals surface area contributed by atoms with Crippen molar-refractivity contribution in [2.75, 3.05) is 5.32 Å². The maximum absolute atomic E-state index is 14.4. The van der Waals surface area contributed by atoms with Gasteiger partial charge in [0.25, 0.3) is 0 Å². The van der Waals surface area contributed by atoms with Crippen molar-refractivity contribution in [3.8, 4) is 5.69 Å². The third-order valence-corrected chi connectivity index (χ3v) is 4.05. The molecule has 0 radical (unpaired) electrons. The van der Waals surface area contributed by atoms with Crippen molar-refractivity contribution in [1.82, 2.24) is 19.9 Å². The Hall–Kier alpha value is -2.70. The van der Waals surface area contributed by atoms with Crippen LogP contribution in [0.25, 0.3) is 5.69 Å². The first-order valence-electron chi connectivity index (χ1n) is 7.99. The van der Waals surface area contributed by atoms with E-state index in [1.165, 1.54) is 6.07 Å². The van der Waals surface area contributed by atoms with Crippen LogP contribution in [0.4, 0.5) is 10.1 Å². The average molecular weight is 327 g/mol. The molecular weight excluding hydrogens is 309 g/mol. The Labute approximate surface area is 138 Å². The highest BCUT2D eigenvalue weighted by molar-refractivity contribution is 5.50. The number of hydrogen-bond acceptors (Lipinski definition) is 5. The van der Waals surface area contributed by atoms with E-state index in [1.807, 2.05) is 26.0 Å². The van der Waals surface area contributed by atoms with E-state index in [1.54, 1.807) is 10.7 Å². The van der Waals surface area contributed by atoms with Crippen LogP contribution in [0.15, 0.2) is 28.8 Å². The quantitative estimate of drug-likeness (QED) is 0.777. The van der Waals surface area contributed by atoms with Gasteiger partial charge < -0.3 is 9.84 Å². The van der Waals surface area contributed by atoms with Gasteiger partial charge in [0.1, 0.15) is 5.69 Å². The number of aryl methyl sites for hydroxylation is 2. The van der Waals surface area contributed by atoms with Crippen molar-refractivity contribution in [3.63, 3.8) is 0 Å². The number of halogens is 1. The summed E-state index contributed by atoms with van der Waals surface area (Å²) in [7, 11) is 0. The number of anilines is 1. The van der Waals surface area contributed by atoms with Crippen molar-refractivity contribution >= 4 is 5.69 Å². The number of nitrogens with zero attached hydrogens (tertiary/aromatic N) is 4. The molecule has 1 aliphatic rings. The molecule has 1 saturated carbocycles. The Morgan fingerprint density at radius 1 is 1.29 bits per heavy atom. The van der Waals surface area contributed by atoms with E-state index in [0.717, 1.165) is 24.2 Å². The molecule has 0 aliphatic heterocycles. The minimum Gasteiger partial charge on any atom is -0.378 e. The van der Waals surface area contributed by atoms with Crippen molar-refractivity contribution < 1.29 is 8.91 Å². The largest absolute Gasteiger partial charge is 0.378 e. The molecule has 124 valence electrons. The van der Waals surface area contributed by atoms with Crippen molar-refractivity contribution in [3.05, 3.63) is 53.2 Å². The van der Waals surface area contributed by atoms with Gasteiger partial charge in [-0.2, -0.15) is 10.1 Å². The molecule has 1 N–H and O–H groups in total. The smallest absolute Gasteiger partial charge is 0.229 e. The summed E-state index contributed by atoms with van der Waals surface area (Å²) in [6.07, 6.45) is 2.24. The molecular formula is C17H18FN5O. The molecule has 0 atom stereocenters. The molecule has 7 heteroatoms. The number of nitrogens with one attached hydrogen (secondary N) is 1. The lowest BCUT2D eigenvalue weighted by atomic mass is 10.2. The zero-order valence-corrected chi connectivity index (χ0v) is 13.6. The molecule has 2 heterocycles. The minimum absolute atomic E-state index is 0.335. The molecule has 1 aliphatic carbocycles. The third-order valence-electron chi connectivity index (χ3n) is 4.05. The lowest BCUT2D eigenvalue weighted by molar-refractivity contribution is 0.374. The van der Waals surface area contributed by atoms with Gasteiger partial charge in [0, 0.05) is 17.3 Å². The van der Waals surface area contributed by atoms with Crippen LogP contribution in [0.5, 0.6) is 0 Å². The topological polar surface area (TPSA) is 68.8 Å². The molecule has 1 fully saturated rings. The lowest BCUT2D eigenvalue weighted by Gasteiger charge is -2.09. The van der Waals surface area contributed by atoms with Crippen LogP contribution < -0.4 is 5.32 Å². The van der Waals surface area contributed by atoms with Gasteiger partial charge in [-0.25, -0.2) is 9.07 Å². The first-order valence-corrected chi connectivity index (χ1v) is 7.99. The molecule has 3 aromatic rings. The first-order chi connectivity index (χ1) is 11.6. The Balaban J connectivity index is 1.48. The minimum atomic E-state index is -0.335. The van der Waals surface area contributed by atoms with E-state index in [2.05, 4.69) is 20.6 Å². The second kappa shape index (κ2) is 5.74. The van der Waals surface area contributed by atoms with Gasteiger partial charge in [-0.05, 0) is 51.0 Å². The van der Waals surface area contributed by atoms with Crippen LogP contribution in [0.1, 0.15) is 41.9 Å². The predicted molar refractivity (Wildman–Crippen MR) is 86.6 cm³/mol. The van der Waals surface area contributed by atoms with Crippen LogP contribution >= 0.6 is 0 Å². The van der Waals surface area contributed by atoms with E-state index >= 15 is 0 Å². The predicted octanol–water partition coefficient (Wildman–Crippen LogP) is 3.50. The average Bonchev–Trinajstić information content (AvgIpc) is 3.20. The molecule has 0 bridgehead atoms. The standard InChI is InChI=1S/C17H18FN5O/c1-10-7-11(2)23(21-10)15-6-5-13(8-14(15)18)19-9-16-20-17(24-22-16)12-3-4-12/h5-8,12,19H,3-4,9H2,1-2H3. The Morgan fingerprint density at radius 2 is 2.12 bits per heavy atom. The fraction of sp³-hybridized carbons (Fsp3) is 0.353. The normalized spacial score (nSPS) is 14.1. The first kappa shape index (κ1) is 14.9. The van der Waals surface area contributed by atoms with E-state index in [4.69, 9.17) is 4.52 Å². The summed E-state index contributed by atoms with van der Waals surface area (Å²) in [6, 6.07) is 6.90. The second-order valence-electron chi connectivity index (χ2n) is 6.18. The second-order valence-corrected chi connectivity index (χ2v) is 6.18. The number of hydrogen-bond donors (Lipinski definition) is 1. The maximum Gasteiger partial charge on any atom is 0.229 e. The van der Waals surface area contributed by atoms with Gasteiger partial charge in [0.2, 0.25) is 5.89 Å². The van der Waals surface area contributed by atoms with Crippen LogP contribution in [-0.2, 0) is 6.54 Å². The van der Waals surface area contributed by atoms with E-state index in [-0.39, 0.29) is 5.82 Å². The van der Waals surface area contributed by atoms with Crippen molar-refractivity contribution in [2.45, 2.75) is 39.2 Å². The van der Waals surface area contributed by atoms with Gasteiger partial charge in [-0.1, -0.05) is 5.16 Å². The Kier molecular flexibility index (Phi) is 3.55. The van der Waals surface area contributed by atoms with Crippen LogP contribution in [-0.4, -0.2) is 19.9 Å². The summed E-state index contributed by atoms with van der Waals surface area (Å²) in [5, 5.41) is 11.4. The highest BCUT2D eigenvalue weighted by atomic mass is 19.1. The molecule has 0 amide bonds. The van der Waals surface area contributed by atoms with Crippen molar-refractivity contribution in [1.29, 1.82) is 0 Å². The fourth-order valence-electron chi connectivity index (χ4n) is 2.68. The lowest BCUT2D eigenvalue weighted by Crippen LogP contribution is -2.05. The summed E-state index contributed by atoms with van der Waals surface area (Å²) in [4.78, 5) is 4.34. The zero-order chi connectivity index (χ0) is 16.7. The molecule has 6 nitrogen and oxygen atoms in total. The summed E-state index contributed by atoms with van der Waals surface area (Å²) in [5.41, 5.74) is 2.85. The summed E-state index contributed by atoms with van der Waals surface area (Å²) >= 11 is 0. The van der Waals surface area contributed by atoms with Crippen molar-refractivity contribution in [2.24, 2.45) is 0 Å². The zero-order valence-electron chi connectivity index (χ0n) is 13.6. The van der Waals surface area contributed by atoms with Crippen LogP contribution in [0.2, 0.25) is 0 Å². The SMILES string of the molecule is Cc1cc(C)n(-c2ccc(NCc3noc(C4CC4)n3)cc2F)n1. The number of benzene rings is 1. The highest BCUT2D eigenvalue weighted by Crippen LogP contribution is 2.38. The van der Waals surface area contributed by atoms with Gasteiger partial charge in [-0.3, -0.25) is 0 Å². The van der Waals surface area contributed by atoms with Gasteiger partial charge in [0.05, 0.1) is 12.2 Å². The van der Waals surface area contributed by atoms with E-state index in [9.17, 15) is 4.39 Å². The maximum atomic E-state index is 14.4. The molecule has 2 aromatic heterocycles. The third kappa shape index (κ3) is 2.89. The molecule has 0 saturated heterocycles. The summed E-state index contributed by atoms with van der Waals surface area (Å²) in [5.74, 6) is 1.39. The molecule has 24 heavy (non-hydrogen) atoms. The van der Waals surface area contributed by atoms with Crippen LogP contribution in [0.3, 0.4) is 0 Å². The molecule has 4 rings (SSSR count). The van der Waals surface area contributed by atoms with Gasteiger partial charge in [0.15, 0.2) is 11.6 Å². The molecule has 0 spiro atoms. The Morgan fingerprint density at radius 3 is 2.79 bits per heavy atom. The summed E-state index contributed by atoms with van der Waals surface area (Å²) < 4.78 is 21.2. The van der Waals surface area contributed by atoms with Gasteiger partial charge >= 0.3 is 0 Å².